The Balaban J connectivity index is 1.20. The van der Waals surface area contributed by atoms with E-state index in [4.69, 9.17) is 0 Å². The summed E-state index contributed by atoms with van der Waals surface area (Å²) >= 11 is 2.63. The summed E-state index contributed by atoms with van der Waals surface area (Å²) in [6.07, 6.45) is 0.385. The standard InChI is InChI=1S/C30H33F3N6OS2/c1-2-37-9-11-38(12-10-37)20-7-8-23(21(15-20)18-3-4-18)35-29-34-17-22(30(31,32)33)26(36-29)24-16-25-27(42-24)28(40)39(13-14-41-25)19-5-6-19/h7-8,15-19H,2-6,9-14H2,1H3,(H,34,35,36). The minimum atomic E-state index is -4.63. The molecule has 0 bridgehead atoms. The number of nitrogens with zero attached hydrogens (tertiary/aromatic N) is 5. The van der Waals surface area contributed by atoms with Crippen LogP contribution >= 0.6 is 23.1 Å². The number of piperazine rings is 1. The Kier molecular flexibility index (Phi) is 7.34. The second-order valence-corrected chi connectivity index (χ2v) is 13.6. The van der Waals surface area contributed by atoms with E-state index in [0.717, 1.165) is 97.8 Å². The molecule has 3 aromatic rings. The minimum Gasteiger partial charge on any atom is -0.369 e. The molecule has 2 saturated carbocycles. The maximum Gasteiger partial charge on any atom is 0.420 e. The summed E-state index contributed by atoms with van der Waals surface area (Å²) in [5, 5.41) is 3.25. The van der Waals surface area contributed by atoms with E-state index >= 15 is 0 Å². The van der Waals surface area contributed by atoms with Crippen molar-refractivity contribution >= 4 is 46.3 Å². The van der Waals surface area contributed by atoms with Crippen molar-refractivity contribution in [2.45, 2.75) is 55.6 Å². The monoisotopic (exact) mass is 614 g/mol. The number of aromatic nitrogens is 2. The molecule has 1 aromatic carbocycles. The molecule has 7 nitrogen and oxygen atoms in total. The van der Waals surface area contributed by atoms with Crippen LogP contribution < -0.4 is 10.2 Å². The molecule has 2 aliphatic heterocycles. The maximum atomic E-state index is 14.2. The molecule has 12 heteroatoms. The number of hydrogen-bond acceptors (Lipinski definition) is 8. The van der Waals surface area contributed by atoms with Gasteiger partial charge in [0.05, 0.1) is 10.6 Å². The highest BCUT2D eigenvalue weighted by Crippen LogP contribution is 2.47. The average molecular weight is 615 g/mol. The fourth-order valence-electron chi connectivity index (χ4n) is 5.84. The van der Waals surface area contributed by atoms with Crippen LogP contribution in [0.25, 0.3) is 10.6 Å². The van der Waals surface area contributed by atoms with Crippen molar-refractivity contribution in [1.29, 1.82) is 0 Å². The number of likely N-dealkylation sites (N-methyl/N-ethyl adjacent to an activating group) is 1. The highest BCUT2D eigenvalue weighted by molar-refractivity contribution is 7.99. The largest absolute Gasteiger partial charge is 0.420 e. The first-order valence-corrected chi connectivity index (χ1v) is 16.5. The zero-order valence-corrected chi connectivity index (χ0v) is 25.0. The van der Waals surface area contributed by atoms with Gasteiger partial charge in [0.1, 0.15) is 10.4 Å². The lowest BCUT2D eigenvalue weighted by Crippen LogP contribution is -2.46. The van der Waals surface area contributed by atoms with E-state index in [9.17, 15) is 18.0 Å². The molecule has 1 amide bonds. The Bertz CT molecular complexity index is 1490. The number of amides is 1. The number of thioether (sulfide) groups is 1. The average Bonchev–Trinajstić information content (AvgIpc) is 3.92. The molecular formula is C30H33F3N6OS2. The number of hydrogen-bond donors (Lipinski definition) is 1. The molecule has 2 aromatic heterocycles. The predicted octanol–water partition coefficient (Wildman–Crippen LogP) is 6.70. The third-order valence-electron chi connectivity index (χ3n) is 8.54. The number of benzene rings is 1. The Morgan fingerprint density at radius 3 is 2.52 bits per heavy atom. The second kappa shape index (κ2) is 11.0. The van der Waals surface area contributed by atoms with Gasteiger partial charge in [-0.2, -0.15) is 13.2 Å². The molecule has 0 atom stereocenters. The maximum absolute atomic E-state index is 14.2. The number of fused-ring (bicyclic) bond motifs is 1. The Morgan fingerprint density at radius 2 is 1.83 bits per heavy atom. The van der Waals surface area contributed by atoms with Gasteiger partial charge >= 0.3 is 6.18 Å². The van der Waals surface area contributed by atoms with Crippen molar-refractivity contribution < 1.29 is 18.0 Å². The van der Waals surface area contributed by atoms with Crippen molar-refractivity contribution in [3.8, 4) is 10.6 Å². The van der Waals surface area contributed by atoms with Crippen molar-refractivity contribution in [1.82, 2.24) is 19.8 Å². The summed E-state index contributed by atoms with van der Waals surface area (Å²) < 4.78 is 42.5. The van der Waals surface area contributed by atoms with Gasteiger partial charge in [0, 0.05) is 67.0 Å². The van der Waals surface area contributed by atoms with E-state index in [1.165, 1.54) is 17.4 Å². The van der Waals surface area contributed by atoms with Gasteiger partial charge in [-0.25, -0.2) is 9.97 Å². The van der Waals surface area contributed by atoms with E-state index in [1.807, 2.05) is 11.0 Å². The van der Waals surface area contributed by atoms with Crippen LogP contribution in [0.4, 0.5) is 30.5 Å². The van der Waals surface area contributed by atoms with Gasteiger partial charge in [0.15, 0.2) is 0 Å². The van der Waals surface area contributed by atoms with Crippen molar-refractivity contribution in [2.24, 2.45) is 0 Å². The normalized spacial score (nSPS) is 20.0. The fourth-order valence-corrected chi connectivity index (χ4v) is 8.16. The van der Waals surface area contributed by atoms with Crippen LogP contribution in [-0.4, -0.2) is 76.7 Å². The molecule has 4 aliphatic rings. The topological polar surface area (TPSA) is 64.6 Å². The Hall–Kier alpha value is -2.83. The Labute approximate surface area is 251 Å². The lowest BCUT2D eigenvalue weighted by atomic mass is 10.1. The van der Waals surface area contributed by atoms with Crippen molar-refractivity contribution in [3.63, 3.8) is 0 Å². The molecule has 1 saturated heterocycles. The summed E-state index contributed by atoms with van der Waals surface area (Å²) in [4.78, 5) is 30.1. The molecule has 222 valence electrons. The van der Waals surface area contributed by atoms with Gasteiger partial charge in [-0.15, -0.1) is 23.1 Å². The smallest absolute Gasteiger partial charge is 0.369 e. The molecule has 7 rings (SSSR count). The number of anilines is 3. The first-order chi connectivity index (χ1) is 20.3. The quantitative estimate of drug-likeness (QED) is 0.318. The highest BCUT2D eigenvalue weighted by Gasteiger charge is 2.39. The van der Waals surface area contributed by atoms with Crippen LogP contribution in [0.1, 0.15) is 59.3 Å². The van der Waals surface area contributed by atoms with Crippen molar-refractivity contribution in [2.75, 3.05) is 55.2 Å². The van der Waals surface area contributed by atoms with Crippen LogP contribution in [0, 0.1) is 0 Å². The molecule has 1 N–H and O–H groups in total. The Morgan fingerprint density at radius 1 is 1.05 bits per heavy atom. The van der Waals surface area contributed by atoms with E-state index in [2.05, 4.69) is 44.1 Å². The number of carbonyl (C=O) groups is 1. The van der Waals surface area contributed by atoms with Crippen LogP contribution in [-0.2, 0) is 6.18 Å². The molecule has 0 radical (unpaired) electrons. The van der Waals surface area contributed by atoms with E-state index in [0.29, 0.717) is 22.2 Å². The number of carbonyl (C=O) groups excluding carboxylic acids is 1. The van der Waals surface area contributed by atoms with Gasteiger partial charge in [-0.05, 0) is 68.0 Å². The minimum absolute atomic E-state index is 0.0833. The molecule has 0 unspecified atom stereocenters. The fraction of sp³-hybridized carbons (Fsp3) is 0.500. The lowest BCUT2D eigenvalue weighted by Gasteiger charge is -2.35. The third-order valence-corrected chi connectivity index (χ3v) is 10.8. The van der Waals surface area contributed by atoms with Gasteiger partial charge < -0.3 is 20.0 Å². The number of halogens is 3. The SMILES string of the molecule is CCN1CCN(c2ccc(Nc3ncc(C(F)(F)F)c(-c4cc5c(s4)C(=O)N(C4CC4)CCS5)n3)c(C3CC3)c2)CC1. The van der Waals surface area contributed by atoms with Crippen molar-refractivity contribution in [3.05, 3.63) is 46.5 Å². The summed E-state index contributed by atoms with van der Waals surface area (Å²) in [5.74, 6) is 1.18. The molecule has 2 aliphatic carbocycles. The van der Waals surface area contributed by atoms with E-state index < -0.39 is 11.7 Å². The number of rotatable bonds is 7. The molecular weight excluding hydrogens is 581 g/mol. The first kappa shape index (κ1) is 28.0. The first-order valence-electron chi connectivity index (χ1n) is 14.7. The van der Waals surface area contributed by atoms with E-state index in [1.54, 1.807) is 6.07 Å². The zero-order valence-electron chi connectivity index (χ0n) is 23.4. The number of alkyl halides is 3. The van der Waals surface area contributed by atoms with Gasteiger partial charge in [0.25, 0.3) is 5.91 Å². The molecule has 3 fully saturated rings. The zero-order chi connectivity index (χ0) is 29.0. The van der Waals surface area contributed by atoms with Crippen LogP contribution in [0.5, 0.6) is 0 Å². The summed E-state index contributed by atoms with van der Waals surface area (Å²) in [7, 11) is 0. The second-order valence-electron chi connectivity index (χ2n) is 11.4. The van der Waals surface area contributed by atoms with Gasteiger partial charge in [-0.1, -0.05) is 6.92 Å². The number of nitrogens with one attached hydrogen (secondary N) is 1. The predicted molar refractivity (Wildman–Crippen MR) is 161 cm³/mol. The van der Waals surface area contributed by atoms with Gasteiger partial charge in [-0.3, -0.25) is 4.79 Å². The highest BCUT2D eigenvalue weighted by atomic mass is 32.2. The number of thiophene rings is 1. The van der Waals surface area contributed by atoms with Crippen LogP contribution in [0.15, 0.2) is 35.4 Å². The van der Waals surface area contributed by atoms with Crippen LogP contribution in [0.2, 0.25) is 0 Å². The van der Waals surface area contributed by atoms with Gasteiger partial charge in [0.2, 0.25) is 5.95 Å². The summed E-state index contributed by atoms with van der Waals surface area (Å²) in [5.41, 5.74) is 2.06. The third kappa shape index (κ3) is 5.60. The lowest BCUT2D eigenvalue weighted by molar-refractivity contribution is -0.137. The summed E-state index contributed by atoms with van der Waals surface area (Å²) in [6, 6.07) is 8.25. The summed E-state index contributed by atoms with van der Waals surface area (Å²) in [6.45, 7) is 7.92. The molecule has 4 heterocycles. The molecule has 42 heavy (non-hydrogen) atoms. The van der Waals surface area contributed by atoms with Crippen LogP contribution in [0.3, 0.4) is 0 Å². The van der Waals surface area contributed by atoms with E-state index in [-0.39, 0.29) is 23.6 Å². The molecule has 0 spiro atoms.